The molecule has 0 amide bonds. The van der Waals surface area contributed by atoms with Crippen molar-refractivity contribution in [2.75, 3.05) is 0 Å². The first-order chi connectivity index (χ1) is 29.7. The number of benzene rings is 7. The highest BCUT2D eigenvalue weighted by Crippen LogP contribution is 2.37. The smallest absolute Gasteiger partial charge is 0.229 e. The third kappa shape index (κ3) is 5.63. The van der Waals surface area contributed by atoms with Crippen molar-refractivity contribution >= 4 is 54.8 Å². The fourth-order valence-corrected chi connectivity index (χ4v) is 8.46. The highest BCUT2D eigenvalue weighted by molar-refractivity contribution is 6.09. The minimum Gasteiger partial charge on any atom is -0.434 e. The van der Waals surface area contributed by atoms with E-state index in [1.165, 1.54) is 21.5 Å². The molecule has 0 radical (unpaired) electrons. The second-order valence-corrected chi connectivity index (χ2v) is 15.0. The number of nitrogens with zero attached hydrogens (tertiary/aromatic N) is 6. The van der Waals surface area contributed by atoms with E-state index in [0.717, 1.165) is 72.4 Å². The summed E-state index contributed by atoms with van der Waals surface area (Å²) in [5, 5.41) is 5.68. The van der Waals surface area contributed by atoms with Crippen molar-refractivity contribution in [1.82, 2.24) is 29.5 Å². The van der Waals surface area contributed by atoms with Gasteiger partial charge in [-0.25, -0.2) is 24.9 Å². The van der Waals surface area contributed by atoms with Crippen molar-refractivity contribution < 1.29 is 4.42 Å². The Hall–Kier alpha value is -8.29. The van der Waals surface area contributed by atoms with E-state index in [9.17, 15) is 0 Å². The molecule has 0 aliphatic rings. The number of hydrogen-bond acceptors (Lipinski definition) is 6. The van der Waals surface area contributed by atoms with E-state index in [0.29, 0.717) is 22.8 Å². The van der Waals surface area contributed by atoms with Crippen molar-refractivity contribution in [1.29, 1.82) is 0 Å². The summed E-state index contributed by atoms with van der Waals surface area (Å²) < 4.78 is 8.70. The highest BCUT2D eigenvalue weighted by Gasteiger charge is 2.18. The van der Waals surface area contributed by atoms with Crippen LogP contribution in [0.3, 0.4) is 0 Å². The van der Waals surface area contributed by atoms with Crippen LogP contribution in [0.25, 0.3) is 117 Å². The molecule has 0 aliphatic heterocycles. The second kappa shape index (κ2) is 13.7. The summed E-state index contributed by atoms with van der Waals surface area (Å²) in [5.74, 6) is 0.657. The molecule has 0 atom stereocenters. The van der Waals surface area contributed by atoms with Gasteiger partial charge in [-0.05, 0) is 58.8 Å². The first kappa shape index (κ1) is 33.8. The SMILES string of the molecule is c1ccc(-c2nc(-c3ccc(-c4ncnc5c4oc4ncc(-c6ccc7ccccc7c6)cc45)cc3)cc(-c3cccc(-n4c5ccccc5c5ccccc54)c3)n2)cc1. The fraction of sp³-hybridized carbons (Fsp3) is 0. The lowest BCUT2D eigenvalue weighted by molar-refractivity contribution is 0.652. The number of rotatable bonds is 6. The van der Waals surface area contributed by atoms with Crippen molar-refractivity contribution in [2.24, 2.45) is 0 Å². The van der Waals surface area contributed by atoms with Gasteiger partial charge in [0.2, 0.25) is 5.71 Å². The lowest BCUT2D eigenvalue weighted by atomic mass is 10.0. The Bertz CT molecular complexity index is 3560. The standard InChI is InChI=1S/C53H32N6O/c1-2-12-36(13-3-1)52-57-45(30-46(58-52)39-15-10-16-41(28-39)59-47-19-8-6-17-42(47)43-18-7-9-20-48(43)59)34-22-24-35(25-23-34)49-51-50(56-32-55-49)44-29-40(31-54-53(44)60-51)38-26-21-33-11-4-5-14-37(33)27-38/h1-32H. The van der Waals surface area contributed by atoms with Gasteiger partial charge in [-0.2, -0.15) is 0 Å². The van der Waals surface area contributed by atoms with Crippen LogP contribution < -0.4 is 0 Å². The van der Waals surface area contributed by atoms with Crippen LogP contribution in [0.4, 0.5) is 0 Å². The Balaban J connectivity index is 0.931. The van der Waals surface area contributed by atoms with Gasteiger partial charge >= 0.3 is 0 Å². The number of fused-ring (bicyclic) bond motifs is 7. The number of pyridine rings is 1. The van der Waals surface area contributed by atoms with Gasteiger partial charge in [0.05, 0.1) is 27.8 Å². The van der Waals surface area contributed by atoms with Crippen LogP contribution in [0.15, 0.2) is 199 Å². The summed E-state index contributed by atoms with van der Waals surface area (Å²) in [6.45, 7) is 0. The number of hydrogen-bond donors (Lipinski definition) is 0. The fourth-order valence-electron chi connectivity index (χ4n) is 8.46. The van der Waals surface area contributed by atoms with Gasteiger partial charge in [0.15, 0.2) is 11.4 Å². The van der Waals surface area contributed by atoms with Crippen LogP contribution >= 0.6 is 0 Å². The predicted molar refractivity (Wildman–Crippen MR) is 242 cm³/mol. The monoisotopic (exact) mass is 768 g/mol. The summed E-state index contributed by atoms with van der Waals surface area (Å²) in [5.41, 5.74) is 13.5. The molecule has 12 aromatic rings. The molecule has 0 N–H and O–H groups in total. The summed E-state index contributed by atoms with van der Waals surface area (Å²) in [4.78, 5) is 24.4. The van der Waals surface area contributed by atoms with Crippen molar-refractivity contribution in [3.8, 4) is 62.0 Å². The van der Waals surface area contributed by atoms with E-state index in [1.807, 2.05) is 36.5 Å². The molecule has 280 valence electrons. The number of aromatic nitrogens is 6. The first-order valence-electron chi connectivity index (χ1n) is 19.9. The molecule has 5 aromatic heterocycles. The molecule has 0 aliphatic carbocycles. The summed E-state index contributed by atoms with van der Waals surface area (Å²) in [7, 11) is 0. The minimum absolute atomic E-state index is 0.525. The molecule has 7 heteroatoms. The molecular weight excluding hydrogens is 737 g/mol. The molecule has 7 aromatic carbocycles. The van der Waals surface area contributed by atoms with Crippen LogP contribution in [0.1, 0.15) is 0 Å². The zero-order valence-electron chi connectivity index (χ0n) is 32.1. The van der Waals surface area contributed by atoms with Crippen LogP contribution in [-0.4, -0.2) is 29.5 Å². The molecule has 0 saturated heterocycles. The summed E-state index contributed by atoms with van der Waals surface area (Å²) >= 11 is 0. The van der Waals surface area contributed by atoms with E-state index in [2.05, 4.69) is 161 Å². The zero-order valence-corrected chi connectivity index (χ0v) is 32.1. The van der Waals surface area contributed by atoms with Gasteiger partial charge in [0.25, 0.3) is 0 Å². The van der Waals surface area contributed by atoms with E-state index in [-0.39, 0.29) is 0 Å². The normalized spacial score (nSPS) is 11.7. The largest absolute Gasteiger partial charge is 0.434 e. The van der Waals surface area contributed by atoms with Crippen molar-refractivity contribution in [3.05, 3.63) is 195 Å². The van der Waals surface area contributed by atoms with Crippen LogP contribution in [0.5, 0.6) is 0 Å². The molecule has 0 saturated carbocycles. The Morgan fingerprint density at radius 3 is 1.88 bits per heavy atom. The van der Waals surface area contributed by atoms with Crippen molar-refractivity contribution in [2.45, 2.75) is 0 Å². The molecule has 7 nitrogen and oxygen atoms in total. The van der Waals surface area contributed by atoms with E-state index in [1.54, 1.807) is 6.33 Å². The molecule has 12 rings (SSSR count). The summed E-state index contributed by atoms with van der Waals surface area (Å²) in [6.07, 6.45) is 3.45. The lowest BCUT2D eigenvalue weighted by Crippen LogP contribution is -1.98. The summed E-state index contributed by atoms with van der Waals surface area (Å²) in [6, 6.07) is 63.2. The number of furan rings is 1. The molecule has 5 heterocycles. The van der Waals surface area contributed by atoms with E-state index < -0.39 is 0 Å². The first-order valence-corrected chi connectivity index (χ1v) is 19.9. The zero-order chi connectivity index (χ0) is 39.6. The van der Waals surface area contributed by atoms with Gasteiger partial charge in [-0.15, -0.1) is 0 Å². The average Bonchev–Trinajstić information content (AvgIpc) is 3.87. The Kier molecular flexibility index (Phi) is 7.71. The minimum atomic E-state index is 0.525. The van der Waals surface area contributed by atoms with Gasteiger partial charge in [0.1, 0.15) is 17.5 Å². The highest BCUT2D eigenvalue weighted by atomic mass is 16.3. The third-order valence-corrected chi connectivity index (χ3v) is 11.4. The van der Waals surface area contributed by atoms with Crippen LogP contribution in [0, 0.1) is 0 Å². The maximum atomic E-state index is 6.37. The van der Waals surface area contributed by atoms with Gasteiger partial charge in [-0.3, -0.25) is 0 Å². The maximum absolute atomic E-state index is 6.37. The molecule has 0 unspecified atom stereocenters. The topological polar surface area (TPSA) is 82.5 Å². The quantitative estimate of drug-likeness (QED) is 0.167. The molecule has 0 spiro atoms. The van der Waals surface area contributed by atoms with Crippen LogP contribution in [-0.2, 0) is 0 Å². The lowest BCUT2D eigenvalue weighted by Gasteiger charge is -2.12. The molecule has 0 bridgehead atoms. The van der Waals surface area contributed by atoms with Crippen LogP contribution in [0.2, 0.25) is 0 Å². The van der Waals surface area contributed by atoms with Gasteiger partial charge < -0.3 is 8.98 Å². The Morgan fingerprint density at radius 2 is 1.08 bits per heavy atom. The second-order valence-electron chi connectivity index (χ2n) is 15.0. The maximum Gasteiger partial charge on any atom is 0.229 e. The molecule has 60 heavy (non-hydrogen) atoms. The van der Waals surface area contributed by atoms with E-state index in [4.69, 9.17) is 24.4 Å². The Labute approximate surface area is 343 Å². The van der Waals surface area contributed by atoms with Gasteiger partial charge in [-0.1, -0.05) is 140 Å². The van der Waals surface area contributed by atoms with E-state index >= 15 is 0 Å². The molecular formula is C53H32N6O. The predicted octanol–water partition coefficient (Wildman–Crippen LogP) is 13.1. The number of para-hydroxylation sites is 2. The van der Waals surface area contributed by atoms with Gasteiger partial charge in [0, 0.05) is 50.5 Å². The molecule has 0 fully saturated rings. The van der Waals surface area contributed by atoms with Crippen molar-refractivity contribution in [3.63, 3.8) is 0 Å². The Morgan fingerprint density at radius 1 is 0.417 bits per heavy atom. The third-order valence-electron chi connectivity index (χ3n) is 11.4. The average molecular weight is 769 g/mol.